The lowest BCUT2D eigenvalue weighted by Gasteiger charge is -2.21. The van der Waals surface area contributed by atoms with Gasteiger partial charge in [-0.15, -0.1) is 0 Å². The van der Waals surface area contributed by atoms with Gasteiger partial charge in [0.05, 0.1) is 5.69 Å². The minimum absolute atomic E-state index is 0.0969. The molecule has 6 nitrogen and oxygen atoms in total. The topological polar surface area (TPSA) is 81.2 Å². The maximum Gasteiger partial charge on any atom is 0.248 e. The molecule has 2 heterocycles. The number of aromatic nitrogens is 2. The van der Waals surface area contributed by atoms with E-state index in [1.165, 1.54) is 4.68 Å². The lowest BCUT2D eigenvalue weighted by molar-refractivity contribution is 0.340. The first-order valence-electron chi connectivity index (χ1n) is 7.54. The third-order valence-electron chi connectivity index (χ3n) is 4.58. The molecule has 1 aromatic heterocycles. The van der Waals surface area contributed by atoms with Crippen molar-refractivity contribution in [2.24, 2.45) is 18.9 Å². The Morgan fingerprint density at radius 3 is 2.48 bits per heavy atom. The van der Waals surface area contributed by atoms with Crippen molar-refractivity contribution >= 4 is 15.8 Å². The highest BCUT2D eigenvalue weighted by molar-refractivity contribution is 7.89. The van der Waals surface area contributed by atoms with Crippen LogP contribution in [0, 0.1) is 18.8 Å². The molecule has 2 rings (SSSR count). The van der Waals surface area contributed by atoms with Crippen molar-refractivity contribution in [2.75, 3.05) is 18.8 Å². The molecule has 120 valence electrons. The quantitative estimate of drug-likeness (QED) is 0.921. The molecular formula is C14H26N4O2S. The number of hydrogen-bond acceptors (Lipinski definition) is 4. The van der Waals surface area contributed by atoms with Gasteiger partial charge in [0.2, 0.25) is 10.0 Å². The monoisotopic (exact) mass is 314 g/mol. The lowest BCUT2D eigenvalue weighted by atomic mass is 9.89. The fourth-order valence-corrected chi connectivity index (χ4v) is 4.85. The summed E-state index contributed by atoms with van der Waals surface area (Å²) in [7, 11) is -1.84. The zero-order valence-electron chi connectivity index (χ0n) is 13.3. The van der Waals surface area contributed by atoms with E-state index in [9.17, 15) is 8.42 Å². The highest BCUT2D eigenvalue weighted by Gasteiger charge is 2.33. The van der Waals surface area contributed by atoms with Gasteiger partial charge >= 0.3 is 0 Å². The molecule has 1 aromatic rings. The second kappa shape index (κ2) is 5.96. The maximum atomic E-state index is 12.9. The Labute approximate surface area is 127 Å². The molecule has 21 heavy (non-hydrogen) atoms. The molecule has 1 atom stereocenters. The fourth-order valence-electron chi connectivity index (χ4n) is 3.07. The van der Waals surface area contributed by atoms with Crippen LogP contribution in [0.2, 0.25) is 0 Å². The predicted molar refractivity (Wildman–Crippen MR) is 83.3 cm³/mol. The normalized spacial score (nSPS) is 21.7. The largest absolute Gasteiger partial charge is 0.381 e. The highest BCUT2D eigenvalue weighted by atomic mass is 32.2. The predicted octanol–water partition coefficient (Wildman–Crippen LogP) is 1.76. The minimum Gasteiger partial charge on any atom is -0.381 e. The fraction of sp³-hybridized carbons (Fsp3) is 0.786. The first-order valence-corrected chi connectivity index (χ1v) is 8.98. The summed E-state index contributed by atoms with van der Waals surface area (Å²) in [5.41, 5.74) is 6.41. The molecule has 0 aliphatic carbocycles. The van der Waals surface area contributed by atoms with Crippen LogP contribution in [0.5, 0.6) is 0 Å². The van der Waals surface area contributed by atoms with Crippen molar-refractivity contribution in [1.29, 1.82) is 0 Å². The van der Waals surface area contributed by atoms with Crippen molar-refractivity contribution < 1.29 is 8.42 Å². The summed E-state index contributed by atoms with van der Waals surface area (Å²) in [5, 5.41) is 4.03. The Balaban J connectivity index is 2.28. The van der Waals surface area contributed by atoms with E-state index in [0.29, 0.717) is 30.6 Å². The van der Waals surface area contributed by atoms with Gasteiger partial charge in [-0.1, -0.05) is 13.8 Å². The van der Waals surface area contributed by atoms with Gasteiger partial charge in [-0.2, -0.15) is 9.40 Å². The molecule has 0 aromatic carbocycles. The third-order valence-corrected chi connectivity index (χ3v) is 6.64. The molecule has 1 saturated heterocycles. The summed E-state index contributed by atoms with van der Waals surface area (Å²) in [5.74, 6) is 1.29. The van der Waals surface area contributed by atoms with Gasteiger partial charge in [-0.25, -0.2) is 8.42 Å². The van der Waals surface area contributed by atoms with E-state index in [4.69, 9.17) is 5.73 Å². The van der Waals surface area contributed by atoms with E-state index in [-0.39, 0.29) is 10.7 Å². The van der Waals surface area contributed by atoms with Crippen molar-refractivity contribution in [3.05, 3.63) is 5.69 Å². The molecule has 1 aliphatic rings. The number of nitrogens with zero attached hydrogens (tertiary/aromatic N) is 3. The lowest BCUT2D eigenvalue weighted by Crippen LogP contribution is -2.33. The Kier molecular flexibility index (Phi) is 4.63. The molecule has 0 spiro atoms. The second-order valence-electron chi connectivity index (χ2n) is 6.26. The summed E-state index contributed by atoms with van der Waals surface area (Å²) >= 11 is 0. The van der Waals surface area contributed by atoms with Crippen molar-refractivity contribution in [2.45, 2.75) is 44.9 Å². The zero-order valence-corrected chi connectivity index (χ0v) is 14.2. The van der Waals surface area contributed by atoms with E-state index in [2.05, 4.69) is 18.9 Å². The van der Waals surface area contributed by atoms with Gasteiger partial charge in [-0.05, 0) is 38.0 Å². The number of nitrogens with two attached hydrogens (primary N) is 1. The minimum atomic E-state index is -3.55. The van der Waals surface area contributed by atoms with E-state index in [1.807, 2.05) is 0 Å². The Morgan fingerprint density at radius 1 is 1.29 bits per heavy atom. The summed E-state index contributed by atoms with van der Waals surface area (Å²) in [6, 6.07) is 0. The van der Waals surface area contributed by atoms with Crippen LogP contribution in [-0.4, -0.2) is 35.6 Å². The highest BCUT2D eigenvalue weighted by Crippen LogP contribution is 2.30. The van der Waals surface area contributed by atoms with Crippen LogP contribution in [-0.2, 0) is 17.1 Å². The van der Waals surface area contributed by atoms with Crippen LogP contribution in [0.1, 0.15) is 38.8 Å². The van der Waals surface area contributed by atoms with Crippen LogP contribution >= 0.6 is 0 Å². The summed E-state index contributed by atoms with van der Waals surface area (Å²) in [6.45, 7) is 7.29. The number of nitrogen functional groups attached to an aromatic ring is 1. The van der Waals surface area contributed by atoms with Gasteiger partial charge < -0.3 is 5.73 Å². The van der Waals surface area contributed by atoms with E-state index < -0.39 is 10.0 Å². The maximum absolute atomic E-state index is 12.9. The second-order valence-corrected chi connectivity index (χ2v) is 8.14. The number of hydrogen-bond donors (Lipinski definition) is 1. The molecule has 7 heteroatoms. The number of aryl methyl sites for hydroxylation is 1. The van der Waals surface area contributed by atoms with E-state index in [0.717, 1.165) is 19.3 Å². The number of anilines is 1. The van der Waals surface area contributed by atoms with Crippen LogP contribution < -0.4 is 5.73 Å². The number of rotatable bonds is 3. The van der Waals surface area contributed by atoms with Gasteiger partial charge in [0, 0.05) is 20.1 Å². The first kappa shape index (κ1) is 16.3. The van der Waals surface area contributed by atoms with E-state index in [1.54, 1.807) is 18.3 Å². The Bertz CT molecular complexity index is 607. The molecule has 0 amide bonds. The molecule has 2 N–H and O–H groups in total. The van der Waals surface area contributed by atoms with Crippen molar-refractivity contribution in [1.82, 2.24) is 14.1 Å². The molecule has 0 saturated carbocycles. The summed E-state index contributed by atoms with van der Waals surface area (Å²) in [4.78, 5) is 0.174. The van der Waals surface area contributed by atoms with Crippen LogP contribution in [0.25, 0.3) is 0 Å². The van der Waals surface area contributed by atoms with Gasteiger partial charge in [0.1, 0.15) is 4.90 Å². The molecule has 1 aliphatic heterocycles. The average Bonchev–Trinajstić information content (AvgIpc) is 2.59. The molecule has 0 radical (unpaired) electrons. The van der Waals surface area contributed by atoms with Gasteiger partial charge in [0.25, 0.3) is 0 Å². The van der Waals surface area contributed by atoms with Crippen LogP contribution in [0.3, 0.4) is 0 Å². The molecule has 0 bridgehead atoms. The zero-order chi connectivity index (χ0) is 15.8. The average molecular weight is 314 g/mol. The smallest absolute Gasteiger partial charge is 0.248 e. The summed E-state index contributed by atoms with van der Waals surface area (Å²) in [6.07, 6.45) is 2.91. The van der Waals surface area contributed by atoms with Crippen molar-refractivity contribution in [3.63, 3.8) is 0 Å². The molecule has 1 unspecified atom stereocenters. The summed E-state index contributed by atoms with van der Waals surface area (Å²) < 4.78 is 28.8. The Morgan fingerprint density at radius 2 is 1.95 bits per heavy atom. The molecule has 1 fully saturated rings. The number of sulfonamides is 1. The molecular weight excluding hydrogens is 288 g/mol. The van der Waals surface area contributed by atoms with Gasteiger partial charge in [-0.3, -0.25) is 4.68 Å². The Hall–Kier alpha value is -1.08. The van der Waals surface area contributed by atoms with Crippen LogP contribution in [0.4, 0.5) is 5.82 Å². The van der Waals surface area contributed by atoms with Gasteiger partial charge in [0.15, 0.2) is 5.82 Å². The first-order chi connectivity index (χ1) is 9.75. The SMILES string of the molecule is Cc1c(S(=O)(=O)N2CCCC(C(C)C)CC2)c(N)nn1C. The van der Waals surface area contributed by atoms with Crippen LogP contribution in [0.15, 0.2) is 4.90 Å². The standard InChI is InChI=1S/C14H26N4O2S/c1-10(2)12-6-5-8-18(9-7-12)21(19,20)13-11(3)17(4)16-14(13)15/h10,12H,5-9H2,1-4H3,(H2,15,16). The van der Waals surface area contributed by atoms with E-state index >= 15 is 0 Å². The van der Waals surface area contributed by atoms with Crippen molar-refractivity contribution in [3.8, 4) is 0 Å². The third kappa shape index (κ3) is 3.08.